The molecule has 1 heterocycles. The fraction of sp³-hybridized carbons (Fsp3) is 0.167. The van der Waals surface area contributed by atoms with Crippen molar-refractivity contribution in [1.29, 1.82) is 0 Å². The molecular weight excluding hydrogens is 255 g/mol. The van der Waals surface area contributed by atoms with E-state index in [9.17, 15) is 9.18 Å². The topological polar surface area (TPSA) is 62.2 Å². The minimum Gasteiger partial charge on any atom is -0.476 e. The van der Waals surface area contributed by atoms with Gasteiger partial charge in [0.25, 0.3) is 0 Å². The summed E-state index contributed by atoms with van der Waals surface area (Å²) in [4.78, 5) is 14.6. The number of aryl methyl sites for hydroxylation is 1. The second-order valence-electron chi connectivity index (χ2n) is 3.76. The maximum atomic E-state index is 13.1. The van der Waals surface area contributed by atoms with Crippen LogP contribution in [0.3, 0.4) is 0 Å². The van der Waals surface area contributed by atoms with E-state index in [1.807, 2.05) is 6.92 Å². The average molecular weight is 266 g/mol. The molecule has 94 valence electrons. The third kappa shape index (κ3) is 2.84. The highest BCUT2D eigenvalue weighted by atomic mass is 32.1. The van der Waals surface area contributed by atoms with E-state index in [0.717, 1.165) is 16.9 Å². The molecule has 0 saturated carbocycles. The Hall–Kier alpha value is -1.95. The second kappa shape index (κ2) is 5.14. The van der Waals surface area contributed by atoms with Crippen molar-refractivity contribution in [3.63, 3.8) is 0 Å². The first kappa shape index (κ1) is 12.5. The summed E-state index contributed by atoms with van der Waals surface area (Å²) in [5.41, 5.74) is 2.23. The fourth-order valence-electron chi connectivity index (χ4n) is 1.46. The molecule has 6 heteroatoms. The summed E-state index contributed by atoms with van der Waals surface area (Å²) < 4.78 is 13.1. The van der Waals surface area contributed by atoms with Crippen LogP contribution in [-0.2, 0) is 6.54 Å². The molecule has 0 unspecified atom stereocenters. The van der Waals surface area contributed by atoms with E-state index >= 15 is 0 Å². The Balaban J connectivity index is 2.06. The van der Waals surface area contributed by atoms with E-state index < -0.39 is 5.97 Å². The number of aromatic carboxylic acids is 1. The standard InChI is InChI=1S/C12H11FN2O2S/c1-7-2-3-8(13)4-10(7)14-5-9-6-18-11(15-9)12(16)17/h2-4,6,14H,5H2,1H3,(H,16,17). The Kier molecular flexibility index (Phi) is 3.57. The Bertz CT molecular complexity index is 583. The van der Waals surface area contributed by atoms with Crippen molar-refractivity contribution >= 4 is 23.0 Å². The van der Waals surface area contributed by atoms with Gasteiger partial charge in [-0.25, -0.2) is 14.2 Å². The number of anilines is 1. The molecule has 2 rings (SSSR count). The lowest BCUT2D eigenvalue weighted by molar-refractivity contribution is 0.0696. The summed E-state index contributed by atoms with van der Waals surface area (Å²) in [7, 11) is 0. The Morgan fingerprint density at radius 2 is 2.33 bits per heavy atom. The maximum Gasteiger partial charge on any atom is 0.365 e. The molecule has 0 spiro atoms. The molecule has 2 aromatic rings. The number of halogens is 1. The van der Waals surface area contributed by atoms with E-state index in [0.29, 0.717) is 17.9 Å². The van der Waals surface area contributed by atoms with Gasteiger partial charge in [0.1, 0.15) is 5.82 Å². The van der Waals surface area contributed by atoms with Gasteiger partial charge in [-0.3, -0.25) is 0 Å². The van der Waals surface area contributed by atoms with Crippen molar-refractivity contribution in [2.24, 2.45) is 0 Å². The molecule has 0 bridgehead atoms. The number of carboxylic acids is 1. The van der Waals surface area contributed by atoms with Crippen LogP contribution in [-0.4, -0.2) is 16.1 Å². The number of benzene rings is 1. The maximum absolute atomic E-state index is 13.1. The number of carbonyl (C=O) groups is 1. The number of nitrogens with one attached hydrogen (secondary N) is 1. The predicted octanol–water partition coefficient (Wildman–Crippen LogP) is 2.90. The lowest BCUT2D eigenvalue weighted by atomic mass is 10.2. The number of aromatic nitrogens is 1. The van der Waals surface area contributed by atoms with Gasteiger partial charge in [-0.15, -0.1) is 11.3 Å². The molecule has 0 aliphatic heterocycles. The number of hydrogen-bond donors (Lipinski definition) is 2. The molecule has 1 aromatic heterocycles. The molecule has 0 atom stereocenters. The van der Waals surface area contributed by atoms with E-state index in [4.69, 9.17) is 5.11 Å². The summed E-state index contributed by atoms with van der Waals surface area (Å²) in [6, 6.07) is 4.48. The van der Waals surface area contributed by atoms with Crippen LogP contribution in [0.25, 0.3) is 0 Å². The SMILES string of the molecule is Cc1ccc(F)cc1NCc1csc(C(=O)O)n1. The summed E-state index contributed by atoms with van der Waals surface area (Å²) >= 11 is 1.08. The van der Waals surface area contributed by atoms with Gasteiger partial charge < -0.3 is 10.4 Å². The van der Waals surface area contributed by atoms with Crippen LogP contribution >= 0.6 is 11.3 Å². The highest BCUT2D eigenvalue weighted by Crippen LogP contribution is 2.17. The van der Waals surface area contributed by atoms with Gasteiger partial charge in [-0.1, -0.05) is 6.07 Å². The number of hydrogen-bond acceptors (Lipinski definition) is 4. The summed E-state index contributed by atoms with van der Waals surface area (Å²) in [5.74, 6) is -1.35. The quantitative estimate of drug-likeness (QED) is 0.893. The molecule has 0 amide bonds. The van der Waals surface area contributed by atoms with Gasteiger partial charge in [-0.05, 0) is 24.6 Å². The zero-order chi connectivity index (χ0) is 13.1. The van der Waals surface area contributed by atoms with Crippen LogP contribution in [0.4, 0.5) is 10.1 Å². The molecule has 0 aliphatic rings. The molecule has 0 fully saturated rings. The molecule has 0 aliphatic carbocycles. The number of rotatable bonds is 4. The van der Waals surface area contributed by atoms with Gasteiger partial charge >= 0.3 is 5.97 Å². The van der Waals surface area contributed by atoms with Gasteiger partial charge in [-0.2, -0.15) is 0 Å². The van der Waals surface area contributed by atoms with Gasteiger partial charge in [0, 0.05) is 11.1 Å². The highest BCUT2D eigenvalue weighted by Gasteiger charge is 2.09. The summed E-state index contributed by atoms with van der Waals surface area (Å²) in [6.07, 6.45) is 0. The lowest BCUT2D eigenvalue weighted by Gasteiger charge is -2.07. The largest absolute Gasteiger partial charge is 0.476 e. The molecule has 18 heavy (non-hydrogen) atoms. The van der Waals surface area contributed by atoms with E-state index in [1.165, 1.54) is 12.1 Å². The fourth-order valence-corrected chi connectivity index (χ4v) is 2.11. The zero-order valence-electron chi connectivity index (χ0n) is 9.61. The van der Waals surface area contributed by atoms with Gasteiger partial charge in [0.05, 0.1) is 12.2 Å². The molecular formula is C12H11FN2O2S. The molecule has 1 aromatic carbocycles. The Morgan fingerprint density at radius 1 is 1.56 bits per heavy atom. The number of nitrogens with zero attached hydrogens (tertiary/aromatic N) is 1. The Labute approximate surface area is 107 Å². The smallest absolute Gasteiger partial charge is 0.365 e. The van der Waals surface area contributed by atoms with Crippen LogP contribution in [0.1, 0.15) is 21.1 Å². The van der Waals surface area contributed by atoms with Crippen LogP contribution < -0.4 is 5.32 Å². The molecule has 2 N–H and O–H groups in total. The van der Waals surface area contributed by atoms with Crippen LogP contribution in [0, 0.1) is 12.7 Å². The molecule has 0 radical (unpaired) electrons. The third-order valence-electron chi connectivity index (χ3n) is 2.39. The minimum atomic E-state index is -1.03. The monoisotopic (exact) mass is 266 g/mol. The lowest BCUT2D eigenvalue weighted by Crippen LogP contribution is -2.03. The predicted molar refractivity (Wildman–Crippen MR) is 67.5 cm³/mol. The first-order valence-electron chi connectivity index (χ1n) is 5.24. The summed E-state index contributed by atoms with van der Waals surface area (Å²) in [6.45, 7) is 2.24. The summed E-state index contributed by atoms with van der Waals surface area (Å²) in [5, 5.41) is 13.5. The van der Waals surface area contributed by atoms with E-state index in [1.54, 1.807) is 11.4 Å². The second-order valence-corrected chi connectivity index (χ2v) is 4.62. The van der Waals surface area contributed by atoms with Crippen molar-refractivity contribution in [3.8, 4) is 0 Å². The molecule has 4 nitrogen and oxygen atoms in total. The van der Waals surface area contributed by atoms with E-state index in [-0.39, 0.29) is 10.8 Å². The van der Waals surface area contributed by atoms with Crippen molar-refractivity contribution in [3.05, 3.63) is 45.7 Å². The van der Waals surface area contributed by atoms with Gasteiger partial charge in [0.15, 0.2) is 0 Å². The third-order valence-corrected chi connectivity index (χ3v) is 3.27. The first-order valence-corrected chi connectivity index (χ1v) is 6.12. The van der Waals surface area contributed by atoms with Crippen molar-refractivity contribution in [2.45, 2.75) is 13.5 Å². The molecule has 0 saturated heterocycles. The van der Waals surface area contributed by atoms with Crippen molar-refractivity contribution < 1.29 is 14.3 Å². The number of thiazole rings is 1. The average Bonchev–Trinajstić information content (AvgIpc) is 2.79. The van der Waals surface area contributed by atoms with Crippen LogP contribution in [0.2, 0.25) is 0 Å². The van der Waals surface area contributed by atoms with Crippen molar-refractivity contribution in [1.82, 2.24) is 4.98 Å². The normalized spacial score (nSPS) is 10.3. The Morgan fingerprint density at radius 3 is 3.00 bits per heavy atom. The van der Waals surface area contributed by atoms with Crippen LogP contribution in [0.15, 0.2) is 23.6 Å². The highest BCUT2D eigenvalue weighted by molar-refractivity contribution is 7.11. The number of carboxylic acid groups (broad SMARTS) is 1. The minimum absolute atomic E-state index is 0.0581. The van der Waals surface area contributed by atoms with Crippen LogP contribution in [0.5, 0.6) is 0 Å². The van der Waals surface area contributed by atoms with E-state index in [2.05, 4.69) is 10.3 Å². The zero-order valence-corrected chi connectivity index (χ0v) is 10.4. The van der Waals surface area contributed by atoms with Crippen molar-refractivity contribution in [2.75, 3.05) is 5.32 Å². The van der Waals surface area contributed by atoms with Gasteiger partial charge in [0.2, 0.25) is 5.01 Å². The first-order chi connectivity index (χ1) is 8.56.